The number of fused-ring (bicyclic) bond motifs is 6. The van der Waals surface area contributed by atoms with Crippen molar-refractivity contribution in [3.05, 3.63) is 218 Å². The molecule has 10 aromatic rings. The number of hydrogen-bond acceptors (Lipinski definition) is 1. The molecule has 0 atom stereocenters. The van der Waals surface area contributed by atoms with E-state index < -0.39 is 0 Å². The van der Waals surface area contributed by atoms with Gasteiger partial charge in [0.2, 0.25) is 0 Å². The number of rotatable bonds is 7. The summed E-state index contributed by atoms with van der Waals surface area (Å²) in [6, 6.07) is 73.2. The summed E-state index contributed by atoms with van der Waals surface area (Å²) in [5, 5.41) is 7.50. The summed E-state index contributed by atoms with van der Waals surface area (Å²) in [7, 11) is 0. The summed E-state index contributed by atoms with van der Waals surface area (Å²) in [4.78, 5) is 2.43. The Labute approximate surface area is 338 Å². The van der Waals surface area contributed by atoms with Crippen LogP contribution in [0.2, 0.25) is 0 Å². The van der Waals surface area contributed by atoms with Crippen molar-refractivity contribution in [1.29, 1.82) is 0 Å². The fourth-order valence-electron chi connectivity index (χ4n) is 9.17. The predicted molar refractivity (Wildman–Crippen MR) is 248 cm³/mol. The lowest BCUT2D eigenvalue weighted by atomic mass is 9.94. The second-order valence-electron chi connectivity index (χ2n) is 15.2. The van der Waals surface area contributed by atoms with Crippen LogP contribution in [0.25, 0.3) is 82.4 Å². The summed E-state index contributed by atoms with van der Waals surface area (Å²) in [5.41, 5.74) is 14.5. The van der Waals surface area contributed by atoms with Crippen molar-refractivity contribution in [2.75, 3.05) is 4.90 Å². The zero-order valence-corrected chi connectivity index (χ0v) is 32.1. The van der Waals surface area contributed by atoms with Gasteiger partial charge in [-0.05, 0) is 106 Å². The van der Waals surface area contributed by atoms with Crippen LogP contribution in [0.5, 0.6) is 0 Å². The van der Waals surface area contributed by atoms with Crippen LogP contribution in [0.4, 0.5) is 17.1 Å². The molecule has 0 bridgehead atoms. The molecule has 0 N–H and O–H groups in total. The fraction of sp³-hybridized carbons (Fsp3) is 0.0357. The number of hydrogen-bond donors (Lipinski definition) is 0. The molecule has 0 fully saturated rings. The number of anilines is 3. The van der Waals surface area contributed by atoms with Gasteiger partial charge in [-0.2, -0.15) is 0 Å². The minimum atomic E-state index is 1.01. The third-order valence-electron chi connectivity index (χ3n) is 11.8. The second-order valence-corrected chi connectivity index (χ2v) is 15.2. The molecule has 0 unspecified atom stereocenters. The molecule has 274 valence electrons. The molecule has 11 rings (SSSR count). The van der Waals surface area contributed by atoms with Crippen molar-refractivity contribution in [3.8, 4) is 33.4 Å². The lowest BCUT2D eigenvalue weighted by Gasteiger charge is -2.27. The molecule has 2 heteroatoms. The van der Waals surface area contributed by atoms with Crippen molar-refractivity contribution >= 4 is 66.1 Å². The lowest BCUT2D eigenvalue weighted by Crippen LogP contribution is -2.10. The first kappa shape index (κ1) is 33.9. The van der Waals surface area contributed by atoms with Gasteiger partial charge in [-0.1, -0.05) is 170 Å². The molecule has 1 aliphatic carbocycles. The molecule has 58 heavy (non-hydrogen) atoms. The van der Waals surface area contributed by atoms with E-state index in [1.54, 1.807) is 0 Å². The van der Waals surface area contributed by atoms with Gasteiger partial charge in [0.25, 0.3) is 0 Å². The maximum Gasteiger partial charge on any atom is 0.0622 e. The zero-order valence-electron chi connectivity index (χ0n) is 32.1. The smallest absolute Gasteiger partial charge is 0.0622 e. The van der Waals surface area contributed by atoms with Crippen LogP contribution in [-0.2, 0) is 0 Å². The average Bonchev–Trinajstić information content (AvgIpc) is 3.66. The van der Waals surface area contributed by atoms with Gasteiger partial charge in [-0.25, -0.2) is 0 Å². The van der Waals surface area contributed by atoms with Crippen molar-refractivity contribution in [2.24, 2.45) is 0 Å². The second kappa shape index (κ2) is 14.3. The highest BCUT2D eigenvalue weighted by Crippen LogP contribution is 2.46. The molecular formula is C56H40N2. The fourth-order valence-corrected chi connectivity index (χ4v) is 9.17. The van der Waals surface area contributed by atoms with Gasteiger partial charge in [0.1, 0.15) is 0 Å². The summed E-state index contributed by atoms with van der Waals surface area (Å²) in [5.74, 6) is 0. The summed E-state index contributed by atoms with van der Waals surface area (Å²) in [6.07, 6.45) is 8.83. The van der Waals surface area contributed by atoms with E-state index in [2.05, 4.69) is 228 Å². The van der Waals surface area contributed by atoms with Gasteiger partial charge in [-0.15, -0.1) is 0 Å². The molecule has 0 amide bonds. The van der Waals surface area contributed by atoms with Gasteiger partial charge in [0, 0.05) is 38.6 Å². The normalized spacial score (nSPS) is 12.7. The van der Waals surface area contributed by atoms with E-state index in [1.807, 2.05) is 0 Å². The van der Waals surface area contributed by atoms with Crippen LogP contribution in [0.3, 0.4) is 0 Å². The van der Waals surface area contributed by atoms with Crippen molar-refractivity contribution in [2.45, 2.75) is 12.8 Å². The van der Waals surface area contributed by atoms with Gasteiger partial charge in [0.05, 0.1) is 16.7 Å². The highest BCUT2D eigenvalue weighted by Gasteiger charge is 2.22. The van der Waals surface area contributed by atoms with Crippen LogP contribution in [0.1, 0.15) is 12.8 Å². The Balaban J connectivity index is 1.12. The van der Waals surface area contributed by atoms with Crippen molar-refractivity contribution in [3.63, 3.8) is 0 Å². The van der Waals surface area contributed by atoms with Gasteiger partial charge < -0.3 is 9.47 Å². The standard InChI is InChI=1S/C56H40N2/c1-3-17-39(18-4-1)47-26-11-12-27-48(47)41-33-35-45(36-34-41)57(53-32-16-21-40-19-7-9-28-49(40)53)46-25-15-22-42(37-46)52-38-43-20-8-10-29-50(43)56-55(52)51-30-13-14-31-54(51)58(56)44-23-5-2-6-24-44/h1-5,7-23,25-38H,6,24H2. The highest BCUT2D eigenvalue weighted by atomic mass is 15.1. The number of nitrogens with zero attached hydrogens (tertiary/aromatic N) is 2. The third kappa shape index (κ3) is 5.73. The number of allylic oxidation sites excluding steroid dienone is 4. The Bertz CT molecular complexity index is 3210. The van der Waals surface area contributed by atoms with Crippen molar-refractivity contribution in [1.82, 2.24) is 4.57 Å². The maximum absolute atomic E-state index is 2.53. The van der Waals surface area contributed by atoms with E-state index in [-0.39, 0.29) is 0 Å². The SMILES string of the molecule is C1=CCCC(n2c3ccccc3c3c(-c4cccc(N(c5ccc(-c6ccccc6-c6ccccc6)cc5)c5cccc6ccccc56)c4)cc4ccccc4c32)=C1. The van der Waals surface area contributed by atoms with E-state index in [0.29, 0.717) is 0 Å². The first-order valence-corrected chi connectivity index (χ1v) is 20.2. The first-order chi connectivity index (χ1) is 28.8. The molecule has 0 spiro atoms. The molecule has 2 nitrogen and oxygen atoms in total. The maximum atomic E-state index is 2.53. The van der Waals surface area contributed by atoms with Crippen LogP contribution in [0.15, 0.2) is 218 Å². The summed E-state index contributed by atoms with van der Waals surface area (Å²) < 4.78 is 2.53. The van der Waals surface area contributed by atoms with E-state index >= 15 is 0 Å². The minimum Gasteiger partial charge on any atom is -0.312 e. The van der Waals surface area contributed by atoms with Gasteiger partial charge >= 0.3 is 0 Å². The largest absolute Gasteiger partial charge is 0.312 e. The van der Waals surface area contributed by atoms with Crippen LogP contribution in [0, 0.1) is 0 Å². The molecular weight excluding hydrogens is 701 g/mol. The monoisotopic (exact) mass is 740 g/mol. The van der Waals surface area contributed by atoms with E-state index in [4.69, 9.17) is 0 Å². The Kier molecular flexibility index (Phi) is 8.33. The topological polar surface area (TPSA) is 8.17 Å². The Morgan fingerprint density at radius 3 is 1.86 bits per heavy atom. The van der Waals surface area contributed by atoms with Crippen LogP contribution in [-0.4, -0.2) is 4.57 Å². The minimum absolute atomic E-state index is 1.01. The third-order valence-corrected chi connectivity index (χ3v) is 11.8. The molecule has 0 saturated carbocycles. The number of benzene rings is 9. The zero-order chi connectivity index (χ0) is 38.4. The van der Waals surface area contributed by atoms with E-state index in [0.717, 1.165) is 29.9 Å². The van der Waals surface area contributed by atoms with Crippen LogP contribution < -0.4 is 4.90 Å². The predicted octanol–water partition coefficient (Wildman–Crippen LogP) is 15.8. The van der Waals surface area contributed by atoms with Gasteiger partial charge in [0.15, 0.2) is 0 Å². The summed E-state index contributed by atoms with van der Waals surface area (Å²) >= 11 is 0. The van der Waals surface area contributed by atoms with Crippen LogP contribution >= 0.6 is 0 Å². The summed E-state index contributed by atoms with van der Waals surface area (Å²) in [6.45, 7) is 0. The van der Waals surface area contributed by atoms with E-state index in [1.165, 1.54) is 82.4 Å². The highest BCUT2D eigenvalue weighted by molar-refractivity contribution is 6.24. The molecule has 1 aromatic heterocycles. The molecule has 0 radical (unpaired) electrons. The Morgan fingerprint density at radius 1 is 0.431 bits per heavy atom. The molecule has 1 aliphatic rings. The molecule has 9 aromatic carbocycles. The Morgan fingerprint density at radius 2 is 1.07 bits per heavy atom. The quantitative estimate of drug-likeness (QED) is 0.158. The number of para-hydroxylation sites is 1. The van der Waals surface area contributed by atoms with Gasteiger partial charge in [-0.3, -0.25) is 0 Å². The average molecular weight is 741 g/mol. The number of aromatic nitrogens is 1. The lowest BCUT2D eigenvalue weighted by molar-refractivity contribution is 0.980. The first-order valence-electron chi connectivity index (χ1n) is 20.2. The Hall–Kier alpha value is -7.42. The molecule has 1 heterocycles. The van der Waals surface area contributed by atoms with E-state index in [9.17, 15) is 0 Å². The van der Waals surface area contributed by atoms with Crippen molar-refractivity contribution < 1.29 is 0 Å². The molecule has 0 saturated heterocycles. The molecule has 0 aliphatic heterocycles.